The van der Waals surface area contributed by atoms with Gasteiger partial charge in [-0.05, 0) is 23.8 Å². The molecule has 104 valence electrons. The predicted octanol–water partition coefficient (Wildman–Crippen LogP) is 3.14. The van der Waals surface area contributed by atoms with Gasteiger partial charge in [0.2, 0.25) is 5.88 Å². The highest BCUT2D eigenvalue weighted by Crippen LogP contribution is 2.42. The molecule has 4 N–H and O–H groups in total. The van der Waals surface area contributed by atoms with Crippen molar-refractivity contribution in [2.75, 3.05) is 5.73 Å². The summed E-state index contributed by atoms with van der Waals surface area (Å²) in [7, 11) is 0. The Hall–Kier alpha value is -2.64. The minimum absolute atomic E-state index is 0.0978. The topological polar surface area (TPSA) is 85.1 Å². The number of anilines is 1. The van der Waals surface area contributed by atoms with E-state index in [1.165, 1.54) is 0 Å². The molecule has 0 amide bonds. The van der Waals surface area contributed by atoms with Gasteiger partial charge in [-0.1, -0.05) is 29.8 Å². The van der Waals surface area contributed by atoms with E-state index in [2.05, 4.69) is 6.07 Å². The number of nitrogen functional groups attached to an aromatic ring is 1. The Bertz CT molecular complexity index is 792. The maximum Gasteiger partial charge on any atom is 0.205 e. The molecular weight excluding hydrogens is 286 g/mol. The van der Waals surface area contributed by atoms with Crippen LogP contribution in [0.4, 0.5) is 5.69 Å². The van der Waals surface area contributed by atoms with Gasteiger partial charge in [0.1, 0.15) is 17.4 Å². The van der Waals surface area contributed by atoms with Crippen LogP contribution in [0.15, 0.2) is 53.9 Å². The first-order chi connectivity index (χ1) is 10.1. The third-order valence-electron chi connectivity index (χ3n) is 3.43. The van der Waals surface area contributed by atoms with Crippen LogP contribution in [0, 0.1) is 11.3 Å². The molecule has 1 atom stereocenters. The molecule has 0 bridgehead atoms. The van der Waals surface area contributed by atoms with Gasteiger partial charge >= 0.3 is 0 Å². The molecule has 1 heterocycles. The highest BCUT2D eigenvalue weighted by Gasteiger charge is 2.30. The second-order valence-electron chi connectivity index (χ2n) is 4.78. The number of hydrogen-bond acceptors (Lipinski definition) is 4. The van der Waals surface area contributed by atoms with Crippen LogP contribution in [0.2, 0.25) is 5.02 Å². The van der Waals surface area contributed by atoms with Crippen LogP contribution in [0.25, 0.3) is 0 Å². The van der Waals surface area contributed by atoms with Crippen molar-refractivity contribution in [3.8, 4) is 11.8 Å². The van der Waals surface area contributed by atoms with Gasteiger partial charge in [-0.2, -0.15) is 5.26 Å². The second-order valence-corrected chi connectivity index (χ2v) is 5.21. The Morgan fingerprint density at radius 2 is 1.95 bits per heavy atom. The lowest BCUT2D eigenvalue weighted by Gasteiger charge is -2.26. The number of nitriles is 1. The van der Waals surface area contributed by atoms with Crippen molar-refractivity contribution in [1.29, 1.82) is 5.26 Å². The van der Waals surface area contributed by atoms with E-state index in [1.54, 1.807) is 18.2 Å². The average molecular weight is 298 g/mol. The number of rotatable bonds is 1. The van der Waals surface area contributed by atoms with Gasteiger partial charge in [0.15, 0.2) is 0 Å². The van der Waals surface area contributed by atoms with Gasteiger partial charge in [-0.15, -0.1) is 0 Å². The summed E-state index contributed by atoms with van der Waals surface area (Å²) in [4.78, 5) is 0. The zero-order chi connectivity index (χ0) is 15.0. The summed E-state index contributed by atoms with van der Waals surface area (Å²) in [6.45, 7) is 0. The Kier molecular flexibility index (Phi) is 3.20. The number of fused-ring (bicyclic) bond motifs is 1. The smallest absolute Gasteiger partial charge is 0.205 e. The third-order valence-corrected chi connectivity index (χ3v) is 3.66. The Balaban J connectivity index is 2.24. The first-order valence-corrected chi connectivity index (χ1v) is 6.70. The van der Waals surface area contributed by atoms with Gasteiger partial charge < -0.3 is 16.2 Å². The van der Waals surface area contributed by atoms with E-state index < -0.39 is 0 Å². The minimum atomic E-state index is -0.307. The molecule has 0 aromatic heterocycles. The lowest BCUT2D eigenvalue weighted by atomic mass is 9.83. The van der Waals surface area contributed by atoms with Gasteiger partial charge in [-0.3, -0.25) is 0 Å². The van der Waals surface area contributed by atoms with E-state index in [0.717, 1.165) is 11.1 Å². The number of nitrogens with two attached hydrogens (primary N) is 2. The molecule has 4 nitrogen and oxygen atoms in total. The zero-order valence-corrected chi connectivity index (χ0v) is 11.8. The molecule has 0 spiro atoms. The molecule has 1 unspecified atom stereocenters. The molecular formula is C16H12ClN3O. The molecule has 21 heavy (non-hydrogen) atoms. The minimum Gasteiger partial charge on any atom is -0.440 e. The van der Waals surface area contributed by atoms with E-state index in [1.807, 2.05) is 24.3 Å². The first-order valence-electron chi connectivity index (χ1n) is 6.32. The van der Waals surface area contributed by atoms with Crippen LogP contribution in [0.3, 0.4) is 0 Å². The van der Waals surface area contributed by atoms with Crippen molar-refractivity contribution in [2.24, 2.45) is 5.73 Å². The maximum atomic E-state index is 9.42. The monoisotopic (exact) mass is 297 g/mol. The third kappa shape index (κ3) is 2.28. The highest BCUT2D eigenvalue weighted by atomic mass is 35.5. The first kappa shape index (κ1) is 13.3. The van der Waals surface area contributed by atoms with Crippen molar-refractivity contribution in [1.82, 2.24) is 0 Å². The zero-order valence-electron chi connectivity index (χ0n) is 11.0. The van der Waals surface area contributed by atoms with Gasteiger partial charge in [0.25, 0.3) is 0 Å². The van der Waals surface area contributed by atoms with E-state index in [9.17, 15) is 5.26 Å². The summed E-state index contributed by atoms with van der Waals surface area (Å²) < 4.78 is 5.52. The summed E-state index contributed by atoms with van der Waals surface area (Å²) in [6, 6.07) is 14.8. The van der Waals surface area contributed by atoms with Crippen LogP contribution in [0.5, 0.6) is 5.75 Å². The summed E-state index contributed by atoms with van der Waals surface area (Å²) in [5, 5.41) is 10.0. The van der Waals surface area contributed by atoms with Crippen LogP contribution >= 0.6 is 11.6 Å². The van der Waals surface area contributed by atoms with E-state index in [-0.39, 0.29) is 11.8 Å². The highest BCUT2D eigenvalue weighted by molar-refractivity contribution is 6.30. The van der Waals surface area contributed by atoms with Crippen molar-refractivity contribution in [3.05, 3.63) is 70.1 Å². The second kappa shape index (κ2) is 5.04. The quantitative estimate of drug-likeness (QED) is 0.792. The molecule has 2 aromatic carbocycles. The normalized spacial score (nSPS) is 16.9. The van der Waals surface area contributed by atoms with Gasteiger partial charge in [0.05, 0.1) is 5.92 Å². The molecule has 0 radical (unpaired) electrons. The largest absolute Gasteiger partial charge is 0.440 e. The molecule has 0 fully saturated rings. The Morgan fingerprint density at radius 3 is 2.67 bits per heavy atom. The summed E-state index contributed by atoms with van der Waals surface area (Å²) in [6.07, 6.45) is 0. The molecule has 3 rings (SSSR count). The van der Waals surface area contributed by atoms with E-state index >= 15 is 0 Å². The lowest BCUT2D eigenvalue weighted by molar-refractivity contribution is 0.394. The van der Waals surface area contributed by atoms with Crippen LogP contribution in [-0.2, 0) is 0 Å². The fourth-order valence-electron chi connectivity index (χ4n) is 2.50. The standard InChI is InChI=1S/C16H12ClN3O/c17-10-3-1-2-9(6-10)15-12-5-4-11(19)7-14(12)21-16(20)13(15)8-18/h1-7,15H,19-20H2. The molecule has 1 aliphatic rings. The fraction of sp³-hybridized carbons (Fsp3) is 0.0625. The lowest BCUT2D eigenvalue weighted by Crippen LogP contribution is -2.21. The summed E-state index contributed by atoms with van der Waals surface area (Å²) >= 11 is 6.06. The Morgan fingerprint density at radius 1 is 1.14 bits per heavy atom. The van der Waals surface area contributed by atoms with E-state index in [4.69, 9.17) is 27.8 Å². The molecule has 0 aliphatic carbocycles. The number of hydrogen-bond donors (Lipinski definition) is 2. The molecule has 2 aromatic rings. The SMILES string of the molecule is N#CC1=C(N)Oc2cc(N)ccc2C1c1cccc(Cl)c1. The fourth-order valence-corrected chi connectivity index (χ4v) is 2.70. The number of halogens is 1. The van der Waals surface area contributed by atoms with E-state index in [0.29, 0.717) is 22.0 Å². The molecule has 1 aliphatic heterocycles. The molecule has 0 saturated heterocycles. The number of allylic oxidation sites excluding steroid dienone is 1. The summed E-state index contributed by atoms with van der Waals surface area (Å²) in [5.74, 6) is 0.357. The maximum absolute atomic E-state index is 9.42. The van der Waals surface area contributed by atoms with Crippen molar-refractivity contribution < 1.29 is 4.74 Å². The van der Waals surface area contributed by atoms with Crippen LogP contribution in [-0.4, -0.2) is 0 Å². The number of nitrogens with zero attached hydrogens (tertiary/aromatic N) is 1. The Labute approximate surface area is 127 Å². The molecule has 5 heteroatoms. The van der Waals surface area contributed by atoms with Crippen molar-refractivity contribution in [3.63, 3.8) is 0 Å². The van der Waals surface area contributed by atoms with Crippen LogP contribution < -0.4 is 16.2 Å². The summed E-state index contributed by atoms with van der Waals surface area (Å²) in [5.41, 5.74) is 14.3. The predicted molar refractivity (Wildman–Crippen MR) is 81.6 cm³/mol. The van der Waals surface area contributed by atoms with Crippen LogP contribution in [0.1, 0.15) is 17.0 Å². The molecule has 0 saturated carbocycles. The van der Waals surface area contributed by atoms with Gasteiger partial charge in [-0.25, -0.2) is 0 Å². The van der Waals surface area contributed by atoms with Crippen molar-refractivity contribution in [2.45, 2.75) is 5.92 Å². The van der Waals surface area contributed by atoms with Gasteiger partial charge in [0, 0.05) is 22.3 Å². The number of benzene rings is 2. The number of ether oxygens (including phenoxy) is 1. The average Bonchev–Trinajstić information content (AvgIpc) is 2.45. The van der Waals surface area contributed by atoms with Crippen molar-refractivity contribution >= 4 is 17.3 Å².